The molecule has 8 aromatic rings. The summed E-state index contributed by atoms with van der Waals surface area (Å²) in [6.07, 6.45) is 5.70. The smallest absolute Gasteiger partial charge is 0.256 e. The molecule has 0 N–H and O–H groups in total. The van der Waals surface area contributed by atoms with E-state index in [9.17, 15) is 0 Å². The highest BCUT2D eigenvalue weighted by Gasteiger charge is 2.47. The first-order valence-corrected chi connectivity index (χ1v) is 17.4. The fraction of sp³-hybridized carbons (Fsp3) is 0. The minimum absolute atomic E-state index is 0.0179. The number of pyridine rings is 2. The van der Waals surface area contributed by atoms with Crippen molar-refractivity contribution in [3.05, 3.63) is 170 Å². The summed E-state index contributed by atoms with van der Waals surface area (Å²) in [5, 5.41) is 1.09. The lowest BCUT2D eigenvalue weighted by Gasteiger charge is -2.45. The van der Waals surface area contributed by atoms with Crippen molar-refractivity contribution in [1.29, 1.82) is 0 Å². The summed E-state index contributed by atoms with van der Waals surface area (Å²) in [4.78, 5) is 14.5. The molecule has 6 aromatic carbocycles. The summed E-state index contributed by atoms with van der Waals surface area (Å²) >= 11 is 0. The van der Waals surface area contributed by atoms with Gasteiger partial charge < -0.3 is 14.5 Å². The monoisotopic (exact) mass is 650 g/mol. The summed E-state index contributed by atoms with van der Waals surface area (Å²) in [7, 11) is 0. The van der Waals surface area contributed by atoms with Gasteiger partial charge in [0.05, 0.1) is 23.1 Å². The lowest BCUT2D eigenvalue weighted by atomic mass is 9.30. The molecule has 3 aliphatic heterocycles. The molecular weight excluding hydrogens is 622 g/mol. The van der Waals surface area contributed by atoms with Gasteiger partial charge in [-0.2, -0.15) is 0 Å². The molecule has 0 saturated carbocycles. The van der Waals surface area contributed by atoms with Crippen LogP contribution in [0.1, 0.15) is 0 Å². The molecule has 0 aliphatic carbocycles. The van der Waals surface area contributed by atoms with Crippen LogP contribution in [0.25, 0.3) is 10.9 Å². The third kappa shape index (κ3) is 4.06. The van der Waals surface area contributed by atoms with Crippen LogP contribution in [-0.4, -0.2) is 23.4 Å². The van der Waals surface area contributed by atoms with Gasteiger partial charge in [0.15, 0.2) is 0 Å². The van der Waals surface area contributed by atoms with Crippen LogP contribution in [0.5, 0.6) is 11.5 Å². The number of hydrogen-bond acceptors (Lipinski definition) is 5. The van der Waals surface area contributed by atoms with Gasteiger partial charge in [0.25, 0.3) is 6.71 Å². The van der Waals surface area contributed by atoms with Gasteiger partial charge >= 0.3 is 0 Å². The second-order valence-electron chi connectivity index (χ2n) is 13.3. The zero-order chi connectivity index (χ0) is 33.5. The van der Waals surface area contributed by atoms with Crippen LogP contribution < -0.4 is 47.3 Å². The van der Waals surface area contributed by atoms with Gasteiger partial charge in [-0.3, -0.25) is 9.97 Å². The average molecular weight is 650 g/mol. The Morgan fingerprint density at radius 3 is 2.00 bits per heavy atom. The number of ether oxygens (including phenoxy) is 1. The Hall–Kier alpha value is -6.59. The van der Waals surface area contributed by atoms with E-state index in [1.54, 1.807) is 0 Å². The minimum atomic E-state index is -0.0702. The van der Waals surface area contributed by atoms with Gasteiger partial charge in [-0.25, -0.2) is 0 Å². The van der Waals surface area contributed by atoms with Gasteiger partial charge in [0.2, 0.25) is 6.71 Å². The number of para-hydroxylation sites is 4. The van der Waals surface area contributed by atoms with E-state index in [4.69, 9.17) is 9.72 Å². The summed E-state index contributed by atoms with van der Waals surface area (Å²) < 4.78 is 7.01. The van der Waals surface area contributed by atoms with Crippen LogP contribution in [0.15, 0.2) is 170 Å². The van der Waals surface area contributed by atoms with Crippen molar-refractivity contribution in [2.45, 2.75) is 0 Å². The Kier molecular flexibility index (Phi) is 6.07. The Morgan fingerprint density at radius 1 is 0.490 bits per heavy atom. The Bertz CT molecular complexity index is 2660. The molecule has 0 bridgehead atoms. The molecule has 236 valence electrons. The molecule has 0 unspecified atom stereocenters. The van der Waals surface area contributed by atoms with Crippen LogP contribution in [0.4, 0.5) is 34.1 Å². The highest BCUT2D eigenvalue weighted by Crippen LogP contribution is 2.46. The second kappa shape index (κ2) is 11.0. The molecule has 0 atom stereocenters. The maximum atomic E-state index is 7.01. The van der Waals surface area contributed by atoms with Crippen molar-refractivity contribution in [1.82, 2.24) is 9.97 Å². The molecule has 2 aromatic heterocycles. The number of hydrogen-bond donors (Lipinski definition) is 0. The summed E-state index contributed by atoms with van der Waals surface area (Å²) in [6.45, 7) is -0.0882. The molecule has 0 radical (unpaired) electrons. The summed E-state index contributed by atoms with van der Waals surface area (Å²) in [5.41, 5.74) is 14.7. The van der Waals surface area contributed by atoms with Crippen molar-refractivity contribution >= 4 is 91.2 Å². The first-order chi connectivity index (χ1) is 25.3. The van der Waals surface area contributed by atoms with E-state index < -0.39 is 0 Å². The van der Waals surface area contributed by atoms with Crippen LogP contribution in [0.3, 0.4) is 0 Å². The number of aromatic nitrogens is 2. The quantitative estimate of drug-likeness (QED) is 0.209. The fourth-order valence-electron chi connectivity index (χ4n) is 8.70. The van der Waals surface area contributed by atoms with Crippen LogP contribution in [-0.2, 0) is 0 Å². The first-order valence-electron chi connectivity index (χ1n) is 17.4. The fourth-order valence-corrected chi connectivity index (χ4v) is 8.70. The first kappa shape index (κ1) is 28.3. The number of fused-ring (bicyclic) bond motifs is 8. The van der Waals surface area contributed by atoms with E-state index in [1.807, 2.05) is 30.7 Å². The summed E-state index contributed by atoms with van der Waals surface area (Å²) in [6, 6.07) is 54.2. The molecule has 0 amide bonds. The van der Waals surface area contributed by atoms with Gasteiger partial charge in [0.1, 0.15) is 11.5 Å². The topological polar surface area (TPSA) is 41.5 Å². The van der Waals surface area contributed by atoms with E-state index in [2.05, 4.69) is 154 Å². The lowest BCUT2D eigenvalue weighted by Crippen LogP contribution is -2.65. The molecule has 11 rings (SSSR count). The van der Waals surface area contributed by atoms with Crippen LogP contribution in [0.2, 0.25) is 0 Å². The number of anilines is 6. The molecule has 0 saturated heterocycles. The van der Waals surface area contributed by atoms with Crippen molar-refractivity contribution in [3.8, 4) is 11.5 Å². The molecular formula is C44H28B2N4O. The van der Waals surface area contributed by atoms with E-state index in [1.165, 1.54) is 32.8 Å². The SMILES string of the molecule is c1ccc(B2c3ccccc3N(c3cccc4cccnc34)c3cc4c5c(c32)N(c2cccnc2)c2ccccc2B5c2ccccc2O4)cc1. The van der Waals surface area contributed by atoms with Crippen molar-refractivity contribution in [2.75, 3.05) is 9.80 Å². The predicted molar refractivity (Wildman–Crippen MR) is 211 cm³/mol. The molecule has 0 spiro atoms. The predicted octanol–water partition coefficient (Wildman–Crippen LogP) is 6.33. The zero-order valence-electron chi connectivity index (χ0n) is 27.5. The average Bonchev–Trinajstić information content (AvgIpc) is 3.20. The van der Waals surface area contributed by atoms with E-state index in [0.29, 0.717) is 0 Å². The number of benzene rings is 6. The third-order valence-electron chi connectivity index (χ3n) is 10.7. The molecule has 5 heterocycles. The molecule has 0 fully saturated rings. The summed E-state index contributed by atoms with van der Waals surface area (Å²) in [5.74, 6) is 1.75. The van der Waals surface area contributed by atoms with Gasteiger partial charge in [0, 0.05) is 46.6 Å². The van der Waals surface area contributed by atoms with Crippen LogP contribution in [0, 0.1) is 0 Å². The maximum absolute atomic E-state index is 7.01. The second-order valence-corrected chi connectivity index (χ2v) is 13.3. The van der Waals surface area contributed by atoms with Crippen molar-refractivity contribution < 1.29 is 4.74 Å². The number of nitrogens with zero attached hydrogens (tertiary/aromatic N) is 4. The Labute approximate surface area is 296 Å². The molecule has 51 heavy (non-hydrogen) atoms. The zero-order valence-corrected chi connectivity index (χ0v) is 27.5. The van der Waals surface area contributed by atoms with Crippen LogP contribution >= 0.6 is 0 Å². The van der Waals surface area contributed by atoms with E-state index in [0.717, 1.165) is 56.5 Å². The highest BCUT2D eigenvalue weighted by molar-refractivity contribution is 7.03. The van der Waals surface area contributed by atoms with Crippen molar-refractivity contribution in [3.63, 3.8) is 0 Å². The van der Waals surface area contributed by atoms with E-state index >= 15 is 0 Å². The molecule has 7 heteroatoms. The van der Waals surface area contributed by atoms with Crippen molar-refractivity contribution in [2.24, 2.45) is 0 Å². The Balaban J connectivity index is 1.33. The molecule has 3 aliphatic rings. The maximum Gasteiger partial charge on any atom is 0.256 e. The molecule has 5 nitrogen and oxygen atoms in total. The highest BCUT2D eigenvalue weighted by atomic mass is 16.5. The third-order valence-corrected chi connectivity index (χ3v) is 10.7. The largest absolute Gasteiger partial charge is 0.458 e. The lowest BCUT2D eigenvalue weighted by molar-refractivity contribution is 0.488. The minimum Gasteiger partial charge on any atom is -0.458 e. The van der Waals surface area contributed by atoms with Gasteiger partial charge in [-0.05, 0) is 69.8 Å². The standard InChI is InChI=1S/C44H28B2N4O/c1-2-15-30(16-3-1)45-32-18-4-8-22-36(32)50(37-23-10-13-29-14-11-26-48-43(29)37)38-27-40-42-44(41(38)45)49(31-17-12-25-47-28-31)35-21-7-5-19-33(35)46(42)34-20-6-9-24-39(34)51-40/h1-28H. The van der Waals surface area contributed by atoms with Gasteiger partial charge in [-0.1, -0.05) is 109 Å². The normalized spacial score (nSPS) is 13.5. The van der Waals surface area contributed by atoms with E-state index in [-0.39, 0.29) is 13.4 Å². The number of rotatable bonds is 3. The van der Waals surface area contributed by atoms with Gasteiger partial charge in [-0.15, -0.1) is 0 Å². The Morgan fingerprint density at radius 2 is 1.18 bits per heavy atom.